The van der Waals surface area contributed by atoms with E-state index >= 15 is 0 Å². The summed E-state index contributed by atoms with van der Waals surface area (Å²) in [5.74, 6) is 0. The van der Waals surface area contributed by atoms with Gasteiger partial charge in [-0.15, -0.1) is 11.8 Å². The number of thioether (sulfide) groups is 1. The summed E-state index contributed by atoms with van der Waals surface area (Å²) in [6.07, 6.45) is 1.13. The monoisotopic (exact) mass is 197 g/mol. The Balaban J connectivity index is 2.66. The summed E-state index contributed by atoms with van der Waals surface area (Å²) in [5.41, 5.74) is 0.744. The molecular formula is C10H15NOS. The molecule has 1 N–H and O–H groups in total. The summed E-state index contributed by atoms with van der Waals surface area (Å²) in [4.78, 5) is 4.29. The van der Waals surface area contributed by atoms with Crippen LogP contribution in [0, 0.1) is 0 Å². The first-order valence-corrected chi connectivity index (χ1v) is 5.37. The summed E-state index contributed by atoms with van der Waals surface area (Å²) in [6, 6.07) is 5.75. The summed E-state index contributed by atoms with van der Waals surface area (Å²) < 4.78 is 0. The summed E-state index contributed by atoms with van der Waals surface area (Å²) >= 11 is 1.75. The Labute approximate surface area is 83.4 Å². The van der Waals surface area contributed by atoms with Gasteiger partial charge in [-0.25, -0.2) is 4.98 Å². The van der Waals surface area contributed by atoms with Gasteiger partial charge < -0.3 is 5.11 Å². The van der Waals surface area contributed by atoms with E-state index in [0.717, 1.165) is 17.1 Å². The van der Waals surface area contributed by atoms with Crippen molar-refractivity contribution >= 4 is 11.8 Å². The summed E-state index contributed by atoms with van der Waals surface area (Å²) in [7, 11) is 0. The molecule has 0 saturated heterocycles. The first-order valence-electron chi connectivity index (χ1n) is 4.49. The Morgan fingerprint density at radius 3 is 2.92 bits per heavy atom. The third kappa shape index (κ3) is 3.36. The molecule has 1 aromatic rings. The molecule has 0 unspecified atom stereocenters. The normalized spacial score (nSPS) is 12.8. The fraction of sp³-hybridized carbons (Fsp3) is 0.500. The molecule has 1 heterocycles. The minimum absolute atomic E-state index is 0.0227. The molecule has 1 aromatic heterocycles. The molecule has 0 aliphatic carbocycles. The second-order valence-electron chi connectivity index (χ2n) is 2.96. The highest BCUT2D eigenvalue weighted by molar-refractivity contribution is 7.99. The zero-order valence-electron chi connectivity index (χ0n) is 8.03. The molecule has 0 bridgehead atoms. The lowest BCUT2D eigenvalue weighted by Crippen LogP contribution is -1.95. The van der Waals surface area contributed by atoms with Gasteiger partial charge >= 0.3 is 0 Å². The Kier molecular flexibility index (Phi) is 4.25. The maximum Gasteiger partial charge on any atom is 0.0966 e. The van der Waals surface area contributed by atoms with E-state index in [2.05, 4.69) is 18.8 Å². The van der Waals surface area contributed by atoms with E-state index in [4.69, 9.17) is 5.11 Å². The minimum atomic E-state index is 0.0227. The van der Waals surface area contributed by atoms with Crippen molar-refractivity contribution in [2.45, 2.75) is 37.2 Å². The van der Waals surface area contributed by atoms with E-state index in [1.165, 1.54) is 0 Å². The van der Waals surface area contributed by atoms with Crippen molar-refractivity contribution in [3.63, 3.8) is 0 Å². The molecule has 13 heavy (non-hydrogen) atoms. The Hall–Kier alpha value is -0.540. The lowest BCUT2D eigenvalue weighted by Gasteiger charge is -2.07. The first-order chi connectivity index (χ1) is 6.26. The van der Waals surface area contributed by atoms with Gasteiger partial charge in [0, 0.05) is 5.25 Å². The molecule has 1 rings (SSSR count). The molecule has 0 saturated carbocycles. The highest BCUT2D eigenvalue weighted by Gasteiger charge is 2.02. The lowest BCUT2D eigenvalue weighted by molar-refractivity contribution is 0.276. The van der Waals surface area contributed by atoms with Gasteiger partial charge in [-0.2, -0.15) is 0 Å². The SMILES string of the molecule is CC[C@H](C)Sc1cccc(CO)n1. The van der Waals surface area contributed by atoms with E-state index in [1.807, 2.05) is 18.2 Å². The van der Waals surface area contributed by atoms with Crippen LogP contribution in [0.5, 0.6) is 0 Å². The number of rotatable bonds is 4. The van der Waals surface area contributed by atoms with Gasteiger partial charge in [0.05, 0.1) is 17.3 Å². The highest BCUT2D eigenvalue weighted by atomic mass is 32.2. The minimum Gasteiger partial charge on any atom is -0.390 e. The number of aromatic nitrogens is 1. The third-order valence-electron chi connectivity index (χ3n) is 1.84. The van der Waals surface area contributed by atoms with Crippen molar-refractivity contribution in [1.82, 2.24) is 4.98 Å². The fourth-order valence-corrected chi connectivity index (χ4v) is 1.81. The quantitative estimate of drug-likeness (QED) is 0.753. The maximum absolute atomic E-state index is 8.88. The zero-order valence-corrected chi connectivity index (χ0v) is 8.84. The molecule has 0 amide bonds. The number of aliphatic hydroxyl groups is 1. The van der Waals surface area contributed by atoms with Gasteiger partial charge in [-0.1, -0.05) is 19.9 Å². The van der Waals surface area contributed by atoms with Crippen molar-refractivity contribution in [2.75, 3.05) is 0 Å². The zero-order chi connectivity index (χ0) is 9.68. The van der Waals surface area contributed by atoms with Crippen LogP contribution in [0.2, 0.25) is 0 Å². The van der Waals surface area contributed by atoms with Gasteiger partial charge in [0.15, 0.2) is 0 Å². The van der Waals surface area contributed by atoms with E-state index in [0.29, 0.717) is 5.25 Å². The van der Waals surface area contributed by atoms with Gasteiger partial charge in [-0.05, 0) is 18.6 Å². The maximum atomic E-state index is 8.88. The van der Waals surface area contributed by atoms with Gasteiger partial charge in [-0.3, -0.25) is 0 Å². The van der Waals surface area contributed by atoms with Crippen LogP contribution in [0.1, 0.15) is 26.0 Å². The molecule has 2 nitrogen and oxygen atoms in total. The van der Waals surface area contributed by atoms with Crippen LogP contribution in [-0.2, 0) is 6.61 Å². The van der Waals surface area contributed by atoms with Crippen molar-refractivity contribution in [1.29, 1.82) is 0 Å². The topological polar surface area (TPSA) is 33.1 Å². The molecular weight excluding hydrogens is 182 g/mol. The predicted octanol–water partition coefficient (Wildman–Crippen LogP) is 2.46. The van der Waals surface area contributed by atoms with Crippen molar-refractivity contribution < 1.29 is 5.11 Å². The number of hydrogen-bond donors (Lipinski definition) is 1. The van der Waals surface area contributed by atoms with Crippen LogP contribution in [0.15, 0.2) is 23.2 Å². The van der Waals surface area contributed by atoms with Crippen molar-refractivity contribution in [3.05, 3.63) is 23.9 Å². The molecule has 1 atom stereocenters. The molecule has 0 spiro atoms. The van der Waals surface area contributed by atoms with Crippen LogP contribution in [0.25, 0.3) is 0 Å². The third-order valence-corrected chi connectivity index (χ3v) is 3.04. The first kappa shape index (κ1) is 10.5. The number of nitrogens with zero attached hydrogens (tertiary/aromatic N) is 1. The van der Waals surface area contributed by atoms with Gasteiger partial charge in [0.1, 0.15) is 0 Å². The van der Waals surface area contributed by atoms with Gasteiger partial charge in [0.2, 0.25) is 0 Å². The van der Waals surface area contributed by atoms with E-state index in [9.17, 15) is 0 Å². The molecule has 0 aliphatic heterocycles. The molecule has 0 aromatic carbocycles. The summed E-state index contributed by atoms with van der Waals surface area (Å²) in [6.45, 7) is 4.36. The Bertz CT molecular complexity index is 265. The second-order valence-corrected chi connectivity index (χ2v) is 4.42. The Morgan fingerprint density at radius 2 is 2.31 bits per heavy atom. The predicted molar refractivity (Wildman–Crippen MR) is 55.8 cm³/mol. The van der Waals surface area contributed by atoms with Crippen molar-refractivity contribution in [3.8, 4) is 0 Å². The van der Waals surface area contributed by atoms with Crippen molar-refractivity contribution in [2.24, 2.45) is 0 Å². The molecule has 0 fully saturated rings. The lowest BCUT2D eigenvalue weighted by atomic mass is 10.4. The number of hydrogen-bond acceptors (Lipinski definition) is 3. The smallest absolute Gasteiger partial charge is 0.0966 e. The van der Waals surface area contributed by atoms with E-state index in [-0.39, 0.29) is 6.61 Å². The average molecular weight is 197 g/mol. The Morgan fingerprint density at radius 1 is 1.54 bits per heavy atom. The van der Waals surface area contributed by atoms with E-state index in [1.54, 1.807) is 11.8 Å². The molecule has 3 heteroatoms. The second kappa shape index (κ2) is 5.25. The van der Waals surface area contributed by atoms with Crippen LogP contribution < -0.4 is 0 Å². The highest BCUT2D eigenvalue weighted by Crippen LogP contribution is 2.22. The fourth-order valence-electron chi connectivity index (χ4n) is 0.901. The molecule has 72 valence electrons. The molecule has 0 radical (unpaired) electrons. The van der Waals surface area contributed by atoms with Crippen LogP contribution in [0.3, 0.4) is 0 Å². The van der Waals surface area contributed by atoms with Crippen LogP contribution in [0.4, 0.5) is 0 Å². The van der Waals surface area contributed by atoms with Crippen LogP contribution >= 0.6 is 11.8 Å². The van der Waals surface area contributed by atoms with Crippen LogP contribution in [-0.4, -0.2) is 15.3 Å². The van der Waals surface area contributed by atoms with E-state index < -0.39 is 0 Å². The standard InChI is InChI=1S/C10H15NOS/c1-3-8(2)13-10-6-4-5-9(7-12)11-10/h4-6,8,12H,3,7H2,1-2H3/t8-/m0/s1. The molecule has 0 aliphatic rings. The van der Waals surface area contributed by atoms with Gasteiger partial charge in [0.25, 0.3) is 0 Å². The largest absolute Gasteiger partial charge is 0.390 e. The number of aliphatic hydroxyl groups excluding tert-OH is 1. The average Bonchev–Trinajstić information content (AvgIpc) is 2.18. The summed E-state index contributed by atoms with van der Waals surface area (Å²) in [5, 5.41) is 10.5. The number of pyridine rings is 1.